The number of hydrogen-bond acceptors (Lipinski definition) is 4. The SMILES string of the molecule is CC(C)(C)OC(=O)N1CCc2cn(C3CC[S+]([O-])CC3)nc2C1. The van der Waals surface area contributed by atoms with Crippen LogP contribution in [0.2, 0.25) is 0 Å². The van der Waals surface area contributed by atoms with Gasteiger partial charge in [0.15, 0.2) is 0 Å². The molecular weight excluding hydrogens is 314 g/mol. The molecule has 1 aromatic rings. The molecule has 0 radical (unpaired) electrons. The second-order valence-electron chi connectivity index (χ2n) is 7.31. The number of nitrogens with zero attached hydrogens (tertiary/aromatic N) is 3. The summed E-state index contributed by atoms with van der Waals surface area (Å²) in [5.41, 5.74) is 1.71. The number of amides is 1. The number of carbonyl (C=O) groups excluding carboxylic acids is 1. The maximum absolute atomic E-state index is 12.2. The van der Waals surface area contributed by atoms with Crippen LogP contribution in [0.3, 0.4) is 0 Å². The molecule has 3 heterocycles. The molecule has 1 fully saturated rings. The molecule has 0 bridgehead atoms. The first-order chi connectivity index (χ1) is 10.8. The van der Waals surface area contributed by atoms with Crippen molar-refractivity contribution in [2.45, 2.75) is 58.2 Å². The summed E-state index contributed by atoms with van der Waals surface area (Å²) in [5.74, 6) is 1.53. The van der Waals surface area contributed by atoms with Gasteiger partial charge in [-0.05, 0) is 32.8 Å². The molecule has 128 valence electrons. The van der Waals surface area contributed by atoms with E-state index in [2.05, 4.69) is 6.20 Å². The van der Waals surface area contributed by atoms with Crippen molar-refractivity contribution in [1.82, 2.24) is 14.7 Å². The predicted octanol–water partition coefficient (Wildman–Crippen LogP) is 2.26. The standard InChI is InChI=1S/C16H25N3O3S/c1-16(2,3)22-15(20)18-7-4-12-10-19(17-14(12)11-18)13-5-8-23(21)9-6-13/h10,13H,4-9,11H2,1-3H3. The van der Waals surface area contributed by atoms with Crippen LogP contribution in [0.15, 0.2) is 6.20 Å². The molecule has 2 aliphatic rings. The van der Waals surface area contributed by atoms with Crippen LogP contribution in [0.25, 0.3) is 0 Å². The fourth-order valence-electron chi connectivity index (χ4n) is 3.04. The first-order valence-corrected chi connectivity index (χ1v) is 9.70. The molecule has 6 nitrogen and oxygen atoms in total. The van der Waals surface area contributed by atoms with Gasteiger partial charge in [0.1, 0.15) is 17.1 Å². The number of aromatic nitrogens is 2. The quantitative estimate of drug-likeness (QED) is 0.736. The van der Waals surface area contributed by atoms with Crippen LogP contribution in [0.1, 0.15) is 50.9 Å². The van der Waals surface area contributed by atoms with E-state index in [1.54, 1.807) is 4.90 Å². The number of carbonyl (C=O) groups is 1. The Balaban J connectivity index is 1.66. The summed E-state index contributed by atoms with van der Waals surface area (Å²) in [6.45, 7) is 6.81. The number of ether oxygens (including phenoxy) is 1. The minimum absolute atomic E-state index is 0.272. The van der Waals surface area contributed by atoms with Gasteiger partial charge in [-0.15, -0.1) is 0 Å². The maximum Gasteiger partial charge on any atom is 0.410 e. The number of fused-ring (bicyclic) bond motifs is 1. The van der Waals surface area contributed by atoms with Gasteiger partial charge >= 0.3 is 6.09 Å². The zero-order chi connectivity index (χ0) is 16.6. The van der Waals surface area contributed by atoms with Crippen molar-refractivity contribution in [3.05, 3.63) is 17.5 Å². The van der Waals surface area contributed by atoms with Crippen LogP contribution < -0.4 is 0 Å². The van der Waals surface area contributed by atoms with E-state index in [0.29, 0.717) is 19.1 Å². The van der Waals surface area contributed by atoms with E-state index in [1.165, 1.54) is 5.56 Å². The summed E-state index contributed by atoms with van der Waals surface area (Å²) in [6, 6.07) is 0.341. The molecule has 1 saturated heterocycles. The molecule has 1 amide bonds. The van der Waals surface area contributed by atoms with E-state index < -0.39 is 16.8 Å². The van der Waals surface area contributed by atoms with Gasteiger partial charge in [0.25, 0.3) is 0 Å². The molecule has 0 aromatic carbocycles. The minimum atomic E-state index is -0.657. The van der Waals surface area contributed by atoms with Gasteiger partial charge in [-0.1, -0.05) is 11.2 Å². The molecule has 23 heavy (non-hydrogen) atoms. The Morgan fingerprint density at radius 1 is 1.39 bits per heavy atom. The van der Waals surface area contributed by atoms with Crippen LogP contribution in [0, 0.1) is 0 Å². The first kappa shape index (κ1) is 16.6. The number of hydrogen-bond donors (Lipinski definition) is 0. The van der Waals surface area contributed by atoms with Gasteiger partial charge in [0.05, 0.1) is 18.3 Å². The Hall–Kier alpha value is -1.21. The monoisotopic (exact) mass is 339 g/mol. The summed E-state index contributed by atoms with van der Waals surface area (Å²) in [7, 11) is 0. The molecule has 7 heteroatoms. The topological polar surface area (TPSA) is 70.4 Å². The lowest BCUT2D eigenvalue weighted by atomic mass is 10.1. The Morgan fingerprint density at radius 3 is 2.74 bits per heavy atom. The van der Waals surface area contributed by atoms with Crippen molar-refractivity contribution < 1.29 is 14.1 Å². The molecule has 0 spiro atoms. The fraction of sp³-hybridized carbons (Fsp3) is 0.750. The molecule has 2 aliphatic heterocycles. The lowest BCUT2D eigenvalue weighted by Crippen LogP contribution is -2.39. The minimum Gasteiger partial charge on any atom is -0.616 e. The molecule has 0 unspecified atom stereocenters. The highest BCUT2D eigenvalue weighted by Gasteiger charge is 2.29. The zero-order valence-corrected chi connectivity index (χ0v) is 14.9. The van der Waals surface area contributed by atoms with Gasteiger partial charge < -0.3 is 14.2 Å². The van der Waals surface area contributed by atoms with Gasteiger partial charge in [-0.3, -0.25) is 4.68 Å². The van der Waals surface area contributed by atoms with Crippen molar-refractivity contribution in [1.29, 1.82) is 0 Å². The number of rotatable bonds is 1. The Bertz CT molecular complexity index is 574. The van der Waals surface area contributed by atoms with Crippen LogP contribution >= 0.6 is 0 Å². The van der Waals surface area contributed by atoms with Crippen LogP contribution in [-0.4, -0.2) is 49.0 Å². The average Bonchev–Trinajstić information content (AvgIpc) is 2.89. The first-order valence-electron chi connectivity index (χ1n) is 8.21. The van der Waals surface area contributed by atoms with Crippen molar-refractivity contribution >= 4 is 17.3 Å². The largest absolute Gasteiger partial charge is 0.616 e. The van der Waals surface area contributed by atoms with Gasteiger partial charge in [-0.2, -0.15) is 5.10 Å². The summed E-state index contributed by atoms with van der Waals surface area (Å²) < 4.78 is 19.0. The smallest absolute Gasteiger partial charge is 0.410 e. The molecular formula is C16H25N3O3S. The highest BCUT2D eigenvalue weighted by molar-refractivity contribution is 7.91. The average molecular weight is 339 g/mol. The summed E-state index contributed by atoms with van der Waals surface area (Å²) in [5, 5.41) is 4.70. The van der Waals surface area contributed by atoms with Crippen molar-refractivity contribution in [2.24, 2.45) is 0 Å². The van der Waals surface area contributed by atoms with Crippen molar-refractivity contribution in [3.8, 4) is 0 Å². The van der Waals surface area contributed by atoms with E-state index in [9.17, 15) is 9.35 Å². The molecule has 1 aromatic heterocycles. The van der Waals surface area contributed by atoms with E-state index in [0.717, 1.165) is 36.5 Å². The zero-order valence-electron chi connectivity index (χ0n) is 14.1. The second-order valence-corrected chi connectivity index (χ2v) is 9.01. The van der Waals surface area contributed by atoms with E-state index >= 15 is 0 Å². The van der Waals surface area contributed by atoms with E-state index in [4.69, 9.17) is 9.84 Å². The predicted molar refractivity (Wildman–Crippen MR) is 88.7 cm³/mol. The van der Waals surface area contributed by atoms with Gasteiger partial charge in [0, 0.05) is 25.6 Å². The summed E-state index contributed by atoms with van der Waals surface area (Å²) in [4.78, 5) is 13.9. The third-order valence-corrected chi connectivity index (χ3v) is 5.65. The third kappa shape index (κ3) is 4.01. The highest BCUT2D eigenvalue weighted by Crippen LogP contribution is 2.27. The molecule has 3 rings (SSSR count). The Kier molecular flexibility index (Phi) is 4.60. The van der Waals surface area contributed by atoms with Crippen molar-refractivity contribution in [2.75, 3.05) is 18.1 Å². The Labute approximate surface area is 140 Å². The lowest BCUT2D eigenvalue weighted by molar-refractivity contribution is 0.0221. The van der Waals surface area contributed by atoms with Crippen LogP contribution in [0.5, 0.6) is 0 Å². The fourth-order valence-corrected chi connectivity index (χ4v) is 4.31. The van der Waals surface area contributed by atoms with E-state index in [1.807, 2.05) is 25.5 Å². The second kappa shape index (κ2) is 6.36. The summed E-state index contributed by atoms with van der Waals surface area (Å²) in [6.07, 6.45) is 4.49. The normalized spacial score (nSPS) is 25.1. The van der Waals surface area contributed by atoms with Crippen molar-refractivity contribution in [3.63, 3.8) is 0 Å². The highest BCUT2D eigenvalue weighted by atomic mass is 32.2. The molecule has 0 saturated carbocycles. The summed E-state index contributed by atoms with van der Waals surface area (Å²) >= 11 is -0.657. The molecule has 0 N–H and O–H groups in total. The van der Waals surface area contributed by atoms with Crippen LogP contribution in [0.4, 0.5) is 4.79 Å². The Morgan fingerprint density at radius 2 is 2.09 bits per heavy atom. The van der Waals surface area contributed by atoms with Gasteiger partial charge in [-0.25, -0.2) is 4.79 Å². The lowest BCUT2D eigenvalue weighted by Gasteiger charge is -2.29. The third-order valence-electron chi connectivity index (χ3n) is 4.27. The maximum atomic E-state index is 12.2. The van der Waals surface area contributed by atoms with Crippen LogP contribution in [-0.2, 0) is 28.9 Å². The van der Waals surface area contributed by atoms with E-state index in [-0.39, 0.29) is 6.09 Å². The molecule has 0 aliphatic carbocycles. The van der Waals surface area contributed by atoms with Gasteiger partial charge in [0.2, 0.25) is 0 Å². The molecule has 0 atom stereocenters.